The highest BCUT2D eigenvalue weighted by atomic mass is 35.5. The fraction of sp³-hybridized carbons (Fsp3) is 0.160. The third-order valence-corrected chi connectivity index (χ3v) is 6.08. The Hall–Kier alpha value is -3.29. The number of benzene rings is 3. The van der Waals surface area contributed by atoms with Crippen LogP contribution in [0.15, 0.2) is 90.1 Å². The quantitative estimate of drug-likeness (QED) is 0.307. The number of hydrogen-bond acceptors (Lipinski definition) is 5. The molecule has 0 aliphatic carbocycles. The lowest BCUT2D eigenvalue weighted by Crippen LogP contribution is -2.27. The molecule has 1 aromatic heterocycles. The van der Waals surface area contributed by atoms with E-state index in [1.165, 1.54) is 11.8 Å². The second-order valence-corrected chi connectivity index (χ2v) is 8.72. The summed E-state index contributed by atoms with van der Waals surface area (Å²) in [4.78, 5) is 14.4. The molecule has 1 heterocycles. The molecule has 6 nitrogen and oxygen atoms in total. The number of carbonyl (C=O) groups is 1. The van der Waals surface area contributed by atoms with Crippen molar-refractivity contribution in [3.63, 3.8) is 0 Å². The molecule has 0 aliphatic heterocycles. The van der Waals surface area contributed by atoms with Crippen molar-refractivity contribution in [2.24, 2.45) is 0 Å². The normalized spacial score (nSPS) is 10.7. The zero-order valence-corrected chi connectivity index (χ0v) is 19.7. The standard InChI is InChI=1S/C25H23ClN4O2S/c1-29(16-19-8-4-2-5-9-19)24(31)18-33-25-28-27-23(30(25)21-10-6-3-7-11-21)17-32-22-14-12-20(26)13-15-22/h2-15H,16-18H2,1H3. The lowest BCUT2D eigenvalue weighted by atomic mass is 10.2. The third kappa shape index (κ3) is 6.15. The largest absolute Gasteiger partial charge is 0.486 e. The minimum absolute atomic E-state index is 0.0189. The van der Waals surface area contributed by atoms with Gasteiger partial charge in [-0.3, -0.25) is 9.36 Å². The van der Waals surface area contributed by atoms with Gasteiger partial charge in [-0.1, -0.05) is 71.9 Å². The van der Waals surface area contributed by atoms with E-state index < -0.39 is 0 Å². The molecule has 0 saturated carbocycles. The molecular weight excluding hydrogens is 456 g/mol. The fourth-order valence-electron chi connectivity index (χ4n) is 3.18. The molecule has 0 fully saturated rings. The van der Waals surface area contributed by atoms with E-state index in [2.05, 4.69) is 10.2 Å². The van der Waals surface area contributed by atoms with Crippen molar-refractivity contribution in [3.8, 4) is 11.4 Å². The molecule has 0 atom stereocenters. The lowest BCUT2D eigenvalue weighted by Gasteiger charge is -2.17. The van der Waals surface area contributed by atoms with E-state index in [-0.39, 0.29) is 18.3 Å². The van der Waals surface area contributed by atoms with Crippen molar-refractivity contribution in [1.82, 2.24) is 19.7 Å². The molecule has 0 spiro atoms. The van der Waals surface area contributed by atoms with Crippen LogP contribution in [-0.4, -0.2) is 38.4 Å². The second-order valence-electron chi connectivity index (χ2n) is 7.34. The van der Waals surface area contributed by atoms with Crippen LogP contribution in [0.3, 0.4) is 0 Å². The van der Waals surface area contributed by atoms with Crippen molar-refractivity contribution >= 4 is 29.3 Å². The van der Waals surface area contributed by atoms with E-state index >= 15 is 0 Å². The number of amides is 1. The lowest BCUT2D eigenvalue weighted by molar-refractivity contribution is -0.127. The van der Waals surface area contributed by atoms with Crippen LogP contribution in [0.4, 0.5) is 0 Å². The van der Waals surface area contributed by atoms with Crippen molar-refractivity contribution in [1.29, 1.82) is 0 Å². The average Bonchev–Trinajstić information content (AvgIpc) is 3.26. The topological polar surface area (TPSA) is 60.3 Å². The monoisotopic (exact) mass is 478 g/mol. The van der Waals surface area contributed by atoms with Crippen LogP contribution in [-0.2, 0) is 17.9 Å². The van der Waals surface area contributed by atoms with E-state index in [4.69, 9.17) is 16.3 Å². The Balaban J connectivity index is 1.46. The summed E-state index contributed by atoms with van der Waals surface area (Å²) in [6.07, 6.45) is 0. The minimum Gasteiger partial charge on any atom is -0.486 e. The average molecular weight is 479 g/mol. The van der Waals surface area contributed by atoms with Gasteiger partial charge in [0.2, 0.25) is 5.91 Å². The minimum atomic E-state index is 0.0189. The van der Waals surface area contributed by atoms with Crippen molar-refractivity contribution < 1.29 is 9.53 Å². The van der Waals surface area contributed by atoms with E-state index in [0.29, 0.717) is 28.3 Å². The first-order chi connectivity index (χ1) is 16.1. The molecule has 0 saturated heterocycles. The van der Waals surface area contributed by atoms with Crippen molar-refractivity contribution in [2.45, 2.75) is 18.3 Å². The maximum atomic E-state index is 12.7. The smallest absolute Gasteiger partial charge is 0.233 e. The van der Waals surface area contributed by atoms with Gasteiger partial charge in [0.15, 0.2) is 11.0 Å². The summed E-state index contributed by atoms with van der Waals surface area (Å²) in [6, 6.07) is 26.9. The molecule has 4 aromatic rings. The molecule has 0 radical (unpaired) electrons. The van der Waals surface area contributed by atoms with Crippen LogP contribution in [0, 0.1) is 0 Å². The van der Waals surface area contributed by atoms with E-state index in [9.17, 15) is 4.79 Å². The Labute approximate surface area is 202 Å². The number of ether oxygens (including phenoxy) is 1. The van der Waals surface area contributed by atoms with Gasteiger partial charge in [-0.15, -0.1) is 10.2 Å². The van der Waals surface area contributed by atoms with Crippen molar-refractivity contribution in [2.75, 3.05) is 12.8 Å². The number of para-hydroxylation sites is 1. The van der Waals surface area contributed by atoms with Crippen molar-refractivity contribution in [3.05, 3.63) is 101 Å². The van der Waals surface area contributed by atoms with Gasteiger partial charge in [-0.2, -0.15) is 0 Å². The van der Waals surface area contributed by atoms with Gasteiger partial charge in [0.1, 0.15) is 12.4 Å². The molecule has 0 unspecified atom stereocenters. The highest BCUT2D eigenvalue weighted by Crippen LogP contribution is 2.24. The Kier molecular flexibility index (Phi) is 7.65. The molecule has 0 N–H and O–H groups in total. The maximum Gasteiger partial charge on any atom is 0.233 e. The van der Waals surface area contributed by atoms with E-state index in [0.717, 1.165) is 11.3 Å². The molecule has 0 bridgehead atoms. The van der Waals surface area contributed by atoms with Crippen LogP contribution in [0.1, 0.15) is 11.4 Å². The van der Waals surface area contributed by atoms with Crippen LogP contribution >= 0.6 is 23.4 Å². The predicted molar refractivity (Wildman–Crippen MR) is 131 cm³/mol. The van der Waals surface area contributed by atoms with Crippen LogP contribution < -0.4 is 4.74 Å². The highest BCUT2D eigenvalue weighted by Gasteiger charge is 2.18. The van der Waals surface area contributed by atoms with Gasteiger partial charge in [0, 0.05) is 24.3 Å². The number of carbonyl (C=O) groups excluding carboxylic acids is 1. The molecule has 168 valence electrons. The molecule has 4 rings (SSSR count). The Morgan fingerprint density at radius 3 is 2.33 bits per heavy atom. The molecule has 33 heavy (non-hydrogen) atoms. The first-order valence-electron chi connectivity index (χ1n) is 10.4. The summed E-state index contributed by atoms with van der Waals surface area (Å²) in [5.74, 6) is 1.61. The predicted octanol–water partition coefficient (Wildman–Crippen LogP) is 5.25. The second kappa shape index (κ2) is 11.0. The van der Waals surface area contributed by atoms with Gasteiger partial charge in [-0.25, -0.2) is 0 Å². The van der Waals surface area contributed by atoms with Crippen LogP contribution in [0.5, 0.6) is 5.75 Å². The summed E-state index contributed by atoms with van der Waals surface area (Å²) in [5.41, 5.74) is 2.00. The summed E-state index contributed by atoms with van der Waals surface area (Å²) in [7, 11) is 1.81. The number of thioether (sulfide) groups is 1. The molecular formula is C25H23ClN4O2S. The van der Waals surface area contributed by atoms with Gasteiger partial charge >= 0.3 is 0 Å². The SMILES string of the molecule is CN(Cc1ccccc1)C(=O)CSc1nnc(COc2ccc(Cl)cc2)n1-c1ccccc1. The zero-order valence-electron chi connectivity index (χ0n) is 18.1. The number of halogens is 1. The number of hydrogen-bond donors (Lipinski definition) is 0. The summed E-state index contributed by atoms with van der Waals surface area (Å²) in [5, 5.41) is 9.96. The maximum absolute atomic E-state index is 12.7. The number of aromatic nitrogens is 3. The van der Waals surface area contributed by atoms with Gasteiger partial charge < -0.3 is 9.64 Å². The Bertz CT molecular complexity index is 1180. The third-order valence-electron chi connectivity index (χ3n) is 4.91. The Morgan fingerprint density at radius 2 is 1.64 bits per heavy atom. The molecule has 3 aromatic carbocycles. The van der Waals surface area contributed by atoms with E-state index in [1.54, 1.807) is 17.0 Å². The Morgan fingerprint density at radius 1 is 0.970 bits per heavy atom. The molecule has 1 amide bonds. The van der Waals surface area contributed by atoms with Crippen LogP contribution in [0.25, 0.3) is 5.69 Å². The summed E-state index contributed by atoms with van der Waals surface area (Å²) < 4.78 is 7.81. The first kappa shape index (κ1) is 22.9. The van der Waals surface area contributed by atoms with Gasteiger partial charge in [-0.05, 0) is 42.0 Å². The summed E-state index contributed by atoms with van der Waals surface area (Å²) >= 11 is 7.31. The zero-order chi connectivity index (χ0) is 23.0. The van der Waals surface area contributed by atoms with Crippen LogP contribution in [0.2, 0.25) is 5.02 Å². The van der Waals surface area contributed by atoms with Gasteiger partial charge in [0.25, 0.3) is 0 Å². The fourth-order valence-corrected chi connectivity index (χ4v) is 4.22. The molecule has 8 heteroatoms. The van der Waals surface area contributed by atoms with E-state index in [1.807, 2.05) is 84.4 Å². The molecule has 0 aliphatic rings. The highest BCUT2D eigenvalue weighted by molar-refractivity contribution is 7.99. The first-order valence-corrected chi connectivity index (χ1v) is 11.8. The number of nitrogens with zero attached hydrogens (tertiary/aromatic N) is 4. The summed E-state index contributed by atoms with van der Waals surface area (Å²) in [6.45, 7) is 0.789. The number of rotatable bonds is 9. The van der Waals surface area contributed by atoms with Gasteiger partial charge in [0.05, 0.1) is 5.75 Å².